The first-order valence-electron chi connectivity index (χ1n) is 15.2. The number of carboxylic acids is 1. The molecular weight excluding hydrogens is 646 g/mol. The van der Waals surface area contributed by atoms with Crippen molar-refractivity contribution in [2.24, 2.45) is 4.99 Å². The van der Waals surface area contributed by atoms with Crippen molar-refractivity contribution in [2.45, 2.75) is 43.2 Å². The van der Waals surface area contributed by atoms with Crippen LogP contribution < -0.4 is 20.5 Å². The predicted octanol–water partition coefficient (Wildman–Crippen LogP) is -0.783. The quantitative estimate of drug-likeness (QED) is 0.0564. The van der Waals surface area contributed by atoms with Crippen LogP contribution in [0.25, 0.3) is 22.1 Å². The van der Waals surface area contributed by atoms with Gasteiger partial charge in [0.15, 0.2) is 11.6 Å². The molecule has 0 aliphatic carbocycles. The Morgan fingerprint density at radius 3 is 2.67 bits per heavy atom. The van der Waals surface area contributed by atoms with Crippen molar-refractivity contribution < 1.29 is 63.3 Å². The highest BCUT2D eigenvalue weighted by Crippen LogP contribution is 2.29. The summed E-state index contributed by atoms with van der Waals surface area (Å²) in [5, 5.41) is 44.3. The maximum Gasteiger partial charge on any atom is 0.334 e. The van der Waals surface area contributed by atoms with Gasteiger partial charge in [-0.1, -0.05) is 12.1 Å². The summed E-state index contributed by atoms with van der Waals surface area (Å²) in [6.45, 7) is -0.398. The van der Waals surface area contributed by atoms with E-state index in [0.717, 1.165) is 5.57 Å². The number of nitrogens with zero attached hydrogens (tertiary/aromatic N) is 1. The van der Waals surface area contributed by atoms with E-state index in [4.69, 9.17) is 23.5 Å². The highest BCUT2D eigenvalue weighted by atomic mass is 16.8. The molecule has 0 amide bonds. The number of carboxylic acid groups (broad SMARTS) is 1. The number of aliphatic hydroxyl groups excluding tert-OH is 2. The molecule has 0 spiro atoms. The molecule has 1 fully saturated rings. The number of nitrogens with one attached hydrogen (secondary N) is 2. The molecular formula is C33H32N3O13+. The molecule has 0 bridgehead atoms. The Morgan fingerprint density at radius 1 is 1.14 bits per heavy atom. The first-order chi connectivity index (χ1) is 23.6. The Bertz CT molecular complexity index is 1890. The van der Waals surface area contributed by atoms with Crippen LogP contribution in [-0.2, 0) is 28.7 Å². The number of aldehydes is 1. The molecule has 0 saturated carbocycles. The first kappa shape index (κ1) is 33.7. The van der Waals surface area contributed by atoms with E-state index in [9.17, 15) is 39.6 Å². The summed E-state index contributed by atoms with van der Waals surface area (Å²) in [4.78, 5) is 58.3. The molecule has 256 valence electrons. The summed E-state index contributed by atoms with van der Waals surface area (Å²) in [7, 11) is 0. The summed E-state index contributed by atoms with van der Waals surface area (Å²) in [5.74, 6) is -2.56. The number of aliphatic hydroxyl groups is 2. The number of fused-ring (bicyclic) bond motifs is 2. The van der Waals surface area contributed by atoms with Crippen molar-refractivity contribution in [2.75, 3.05) is 19.7 Å². The summed E-state index contributed by atoms with van der Waals surface area (Å²) in [5.41, 5.74) is 2.24. The van der Waals surface area contributed by atoms with Crippen LogP contribution in [-0.4, -0.2) is 101 Å². The van der Waals surface area contributed by atoms with Crippen molar-refractivity contribution >= 4 is 35.4 Å². The third-order valence-electron chi connectivity index (χ3n) is 8.07. The lowest BCUT2D eigenvalue weighted by Gasteiger charge is -2.41. The molecule has 6 N–H and O–H groups in total. The van der Waals surface area contributed by atoms with Crippen LogP contribution in [0, 0.1) is 0 Å². The Balaban J connectivity index is 1.22. The molecule has 2 aromatic carbocycles. The molecule has 7 atom stereocenters. The number of carbonyl (C=O) groups excluding carboxylic acids is 2. The van der Waals surface area contributed by atoms with Crippen molar-refractivity contribution in [1.82, 2.24) is 5.32 Å². The molecule has 3 aliphatic rings. The first-order valence-corrected chi connectivity index (χ1v) is 15.2. The fourth-order valence-corrected chi connectivity index (χ4v) is 5.52. The normalized spacial score (nSPS) is 24.9. The van der Waals surface area contributed by atoms with Gasteiger partial charge in [0.1, 0.15) is 66.8 Å². The minimum absolute atomic E-state index is 0.0365. The van der Waals surface area contributed by atoms with Crippen molar-refractivity contribution in [1.29, 1.82) is 0 Å². The van der Waals surface area contributed by atoms with Gasteiger partial charge in [0, 0.05) is 30.8 Å². The zero-order valence-corrected chi connectivity index (χ0v) is 25.6. The number of rotatable bonds is 13. The third-order valence-corrected chi connectivity index (χ3v) is 8.07. The number of aliphatic imine (C=N–C) groups is 1. The molecule has 1 unspecified atom stereocenters. The molecule has 16 nitrogen and oxygen atoms in total. The van der Waals surface area contributed by atoms with Gasteiger partial charge >= 0.3 is 11.9 Å². The summed E-state index contributed by atoms with van der Waals surface area (Å²) >= 11 is 0. The molecule has 3 aromatic rings. The molecule has 16 heteroatoms. The SMILES string of the molecule is O=CCCN[C@@H](C(=O)O)C(=O)OC[C@@H]1O[C@H](Oc2ccc3c(=O)c(-c4ccc(O)cc4)coc3c2)[C@@H](O[NH+]2C=C3N=CC=C3C2)[C@H](O)[C@H]1O. The maximum absolute atomic E-state index is 13.3. The Labute approximate surface area is 277 Å². The maximum atomic E-state index is 13.3. The molecule has 6 rings (SSSR count). The van der Waals surface area contributed by atoms with E-state index in [2.05, 4.69) is 10.3 Å². The van der Waals surface area contributed by atoms with Gasteiger partial charge in [0.25, 0.3) is 0 Å². The number of phenolic OH excluding ortho intramolecular Hbond substituents is 1. The van der Waals surface area contributed by atoms with Crippen LogP contribution >= 0.6 is 0 Å². The van der Waals surface area contributed by atoms with Gasteiger partial charge in [-0.05, 0) is 35.9 Å². The molecule has 3 aliphatic heterocycles. The number of aliphatic carboxylic acids is 1. The number of hydrogen-bond acceptors (Lipinski definition) is 14. The third kappa shape index (κ3) is 7.29. The lowest BCUT2D eigenvalue weighted by Crippen LogP contribution is -3.07. The van der Waals surface area contributed by atoms with Crippen LogP contribution in [0.2, 0.25) is 0 Å². The van der Waals surface area contributed by atoms with Gasteiger partial charge in [-0.15, -0.1) is 0 Å². The fourth-order valence-electron chi connectivity index (χ4n) is 5.52. The average Bonchev–Trinajstić information content (AvgIpc) is 3.68. The topological polar surface area (TPSA) is 228 Å². The number of hydroxylamine groups is 2. The number of quaternary nitrogens is 1. The van der Waals surface area contributed by atoms with Crippen LogP contribution in [0.1, 0.15) is 6.42 Å². The van der Waals surface area contributed by atoms with Crippen LogP contribution in [0.4, 0.5) is 0 Å². The monoisotopic (exact) mass is 678 g/mol. The van der Waals surface area contributed by atoms with Gasteiger partial charge in [-0.25, -0.2) is 9.59 Å². The fraction of sp³-hybridized carbons (Fsp3) is 0.303. The molecule has 1 aromatic heterocycles. The zero-order chi connectivity index (χ0) is 34.7. The van der Waals surface area contributed by atoms with Gasteiger partial charge < -0.3 is 43.8 Å². The molecule has 0 radical (unpaired) electrons. The number of phenols is 1. The number of allylic oxidation sites excluding steroid dienone is 1. The van der Waals surface area contributed by atoms with Gasteiger partial charge in [0.2, 0.25) is 18.4 Å². The molecule has 4 heterocycles. The highest BCUT2D eigenvalue weighted by Gasteiger charge is 2.50. The number of aromatic hydroxyl groups is 1. The smallest absolute Gasteiger partial charge is 0.334 e. The van der Waals surface area contributed by atoms with Crippen molar-refractivity contribution in [3.05, 3.63) is 82.5 Å². The van der Waals surface area contributed by atoms with Crippen molar-refractivity contribution in [3.8, 4) is 22.6 Å². The predicted molar refractivity (Wildman–Crippen MR) is 167 cm³/mol. The van der Waals surface area contributed by atoms with Crippen LogP contribution in [0.3, 0.4) is 0 Å². The largest absolute Gasteiger partial charge is 0.508 e. The van der Waals surface area contributed by atoms with E-state index in [1.54, 1.807) is 24.5 Å². The minimum atomic E-state index is -1.79. The summed E-state index contributed by atoms with van der Waals surface area (Å²) in [6.07, 6.45) is -0.484. The Hall–Kier alpha value is -5.23. The Morgan fingerprint density at radius 2 is 1.94 bits per heavy atom. The number of ether oxygens (including phenoxy) is 3. The van der Waals surface area contributed by atoms with Gasteiger partial charge in [-0.2, -0.15) is 9.90 Å². The van der Waals surface area contributed by atoms with E-state index in [-0.39, 0.29) is 46.4 Å². The van der Waals surface area contributed by atoms with Crippen LogP contribution in [0.5, 0.6) is 11.5 Å². The number of esters is 1. The second kappa shape index (κ2) is 14.5. The van der Waals surface area contributed by atoms with Crippen molar-refractivity contribution in [3.63, 3.8) is 0 Å². The molecule has 49 heavy (non-hydrogen) atoms. The average molecular weight is 679 g/mol. The van der Waals surface area contributed by atoms with E-state index in [0.29, 0.717) is 29.2 Å². The highest BCUT2D eigenvalue weighted by molar-refractivity contribution is 5.98. The number of carbonyl (C=O) groups is 3. The second-order valence-electron chi connectivity index (χ2n) is 11.4. The number of hydrogen-bond donors (Lipinski definition) is 6. The van der Waals surface area contributed by atoms with Gasteiger partial charge in [0.05, 0.1) is 10.9 Å². The lowest BCUT2D eigenvalue weighted by atomic mass is 9.99. The number of benzene rings is 2. The molecule has 1 saturated heterocycles. The van der Waals surface area contributed by atoms with E-state index < -0.39 is 55.3 Å². The van der Waals surface area contributed by atoms with Crippen LogP contribution in [0.15, 0.2) is 86.5 Å². The minimum Gasteiger partial charge on any atom is -0.508 e. The van der Waals surface area contributed by atoms with E-state index >= 15 is 0 Å². The lowest BCUT2D eigenvalue weighted by molar-refractivity contribution is -1.05. The second-order valence-corrected chi connectivity index (χ2v) is 11.4. The Kier molecular flexibility index (Phi) is 9.95. The van der Waals surface area contributed by atoms with Gasteiger partial charge in [-0.3, -0.25) is 15.1 Å². The van der Waals surface area contributed by atoms with E-state index in [1.807, 2.05) is 6.08 Å². The van der Waals surface area contributed by atoms with E-state index in [1.165, 1.54) is 36.6 Å². The summed E-state index contributed by atoms with van der Waals surface area (Å²) in [6, 6.07) is 8.66. The standard InChI is InChI=1S/C33H31N3O13/c37-11-1-9-35-26(31(42)43)32(44)46-16-25-28(40)29(41)30(49-36-13-18-8-10-34-23(18)14-36)33(48-25)47-20-6-7-21-24(12-20)45-15-22(27(21)39)17-2-4-19(38)5-3-17/h2-8,10-12,14-15,25-26,28-30,33,35,38,40-41H,1,9,13,16H2,(H,42,43)/p+1/t25-,26-,28-,29+,30-,33-/m0/s1. The zero-order valence-electron chi connectivity index (χ0n) is 25.6. The summed E-state index contributed by atoms with van der Waals surface area (Å²) < 4.78 is 22.9.